The fourth-order valence-corrected chi connectivity index (χ4v) is 5.13. The highest BCUT2D eigenvalue weighted by atomic mass is 14.9. The molecule has 0 aliphatic heterocycles. The van der Waals surface area contributed by atoms with E-state index in [0.29, 0.717) is 0 Å². The molecule has 20 heavy (non-hydrogen) atoms. The summed E-state index contributed by atoms with van der Waals surface area (Å²) in [4.78, 5) is 0. The van der Waals surface area contributed by atoms with Gasteiger partial charge in [-0.1, -0.05) is 51.9 Å². The van der Waals surface area contributed by atoms with Crippen LogP contribution in [0.4, 0.5) is 0 Å². The van der Waals surface area contributed by atoms with Crippen molar-refractivity contribution < 1.29 is 0 Å². The molecule has 0 bridgehead atoms. The maximum absolute atomic E-state index is 3.93. The van der Waals surface area contributed by atoms with E-state index in [0.717, 1.165) is 29.7 Å². The van der Waals surface area contributed by atoms with Crippen molar-refractivity contribution in [3.8, 4) is 0 Å². The Balaban J connectivity index is 1.54. The second kappa shape index (κ2) is 7.29. The second-order valence-corrected chi connectivity index (χ2v) is 7.97. The van der Waals surface area contributed by atoms with Gasteiger partial charge in [-0.2, -0.15) is 0 Å². The molecule has 3 saturated carbocycles. The van der Waals surface area contributed by atoms with E-state index in [-0.39, 0.29) is 0 Å². The molecule has 1 nitrogen and oxygen atoms in total. The molecule has 116 valence electrons. The van der Waals surface area contributed by atoms with E-state index >= 15 is 0 Å². The van der Waals surface area contributed by atoms with Gasteiger partial charge >= 0.3 is 0 Å². The summed E-state index contributed by atoms with van der Waals surface area (Å²) in [6, 6.07) is 0.850. The van der Waals surface area contributed by atoms with Crippen LogP contribution < -0.4 is 5.32 Å². The van der Waals surface area contributed by atoms with Gasteiger partial charge in [0.1, 0.15) is 0 Å². The van der Waals surface area contributed by atoms with Gasteiger partial charge in [-0.25, -0.2) is 0 Å². The average molecular weight is 277 g/mol. The molecule has 1 heteroatoms. The van der Waals surface area contributed by atoms with E-state index in [1.165, 1.54) is 57.9 Å². The molecule has 0 radical (unpaired) electrons. The fourth-order valence-electron chi connectivity index (χ4n) is 5.13. The topological polar surface area (TPSA) is 12.0 Å². The maximum Gasteiger partial charge on any atom is 0.00980 e. The highest BCUT2D eigenvalue weighted by Crippen LogP contribution is 2.45. The van der Waals surface area contributed by atoms with Gasteiger partial charge in [0.05, 0.1) is 0 Å². The van der Waals surface area contributed by atoms with Gasteiger partial charge in [-0.3, -0.25) is 0 Å². The van der Waals surface area contributed by atoms with Gasteiger partial charge in [-0.05, 0) is 62.3 Å². The van der Waals surface area contributed by atoms with Crippen molar-refractivity contribution in [1.82, 2.24) is 5.32 Å². The molecule has 4 unspecified atom stereocenters. The van der Waals surface area contributed by atoms with E-state index in [4.69, 9.17) is 0 Å². The van der Waals surface area contributed by atoms with Crippen LogP contribution in [-0.4, -0.2) is 12.6 Å². The molecule has 0 saturated heterocycles. The molecule has 0 spiro atoms. The largest absolute Gasteiger partial charge is 0.314 e. The van der Waals surface area contributed by atoms with E-state index in [2.05, 4.69) is 12.2 Å². The highest BCUT2D eigenvalue weighted by molar-refractivity contribution is 4.90. The van der Waals surface area contributed by atoms with Crippen molar-refractivity contribution in [2.75, 3.05) is 6.54 Å². The van der Waals surface area contributed by atoms with Crippen molar-refractivity contribution in [2.45, 2.75) is 90.0 Å². The van der Waals surface area contributed by atoms with E-state index in [1.807, 2.05) is 0 Å². The molecule has 3 aliphatic rings. The van der Waals surface area contributed by atoms with Gasteiger partial charge in [0.2, 0.25) is 0 Å². The zero-order chi connectivity index (χ0) is 13.8. The second-order valence-electron chi connectivity index (χ2n) is 7.97. The zero-order valence-electron chi connectivity index (χ0n) is 13.6. The summed E-state index contributed by atoms with van der Waals surface area (Å²) >= 11 is 0. The molecule has 3 rings (SSSR count). The molecule has 1 N–H and O–H groups in total. The number of hydrogen-bond acceptors (Lipinski definition) is 1. The van der Waals surface area contributed by atoms with Crippen LogP contribution in [0.5, 0.6) is 0 Å². The minimum Gasteiger partial charge on any atom is -0.314 e. The van der Waals surface area contributed by atoms with Gasteiger partial charge in [0, 0.05) is 6.04 Å². The number of rotatable bonds is 6. The average Bonchev–Trinajstić information content (AvgIpc) is 2.45. The lowest BCUT2D eigenvalue weighted by atomic mass is 9.65. The third-order valence-corrected chi connectivity index (χ3v) is 6.62. The molecule has 3 aliphatic carbocycles. The number of fused-ring (bicyclic) bond motifs is 1. The van der Waals surface area contributed by atoms with E-state index in [9.17, 15) is 0 Å². The van der Waals surface area contributed by atoms with Gasteiger partial charge in [-0.15, -0.1) is 0 Å². The number of hydrogen-bond donors (Lipinski definition) is 1. The third-order valence-electron chi connectivity index (χ3n) is 6.62. The number of nitrogens with one attached hydrogen (secondary N) is 1. The first kappa shape index (κ1) is 14.9. The molecular weight excluding hydrogens is 242 g/mol. The Kier molecular flexibility index (Phi) is 5.42. The van der Waals surface area contributed by atoms with Crippen LogP contribution >= 0.6 is 0 Å². The Morgan fingerprint density at radius 1 is 0.900 bits per heavy atom. The fraction of sp³-hybridized carbons (Fsp3) is 1.00. The summed E-state index contributed by atoms with van der Waals surface area (Å²) < 4.78 is 0. The van der Waals surface area contributed by atoms with Crippen LogP contribution in [0.2, 0.25) is 0 Å². The summed E-state index contributed by atoms with van der Waals surface area (Å²) in [5.41, 5.74) is 0. The van der Waals surface area contributed by atoms with Crippen LogP contribution in [-0.2, 0) is 0 Å². The van der Waals surface area contributed by atoms with Crippen LogP contribution in [0.3, 0.4) is 0 Å². The SMILES string of the molecule is CCCNC(CC1CCC1)C1CCC2CCCCC2C1. The summed E-state index contributed by atoms with van der Waals surface area (Å²) in [5, 5.41) is 3.93. The van der Waals surface area contributed by atoms with Crippen LogP contribution in [0.25, 0.3) is 0 Å². The monoisotopic (exact) mass is 277 g/mol. The Morgan fingerprint density at radius 3 is 2.40 bits per heavy atom. The maximum atomic E-state index is 3.93. The first-order valence-corrected chi connectivity index (χ1v) is 9.60. The minimum atomic E-state index is 0.850. The van der Waals surface area contributed by atoms with Crippen molar-refractivity contribution in [3.05, 3.63) is 0 Å². The predicted molar refractivity (Wildman–Crippen MR) is 86.8 cm³/mol. The molecule has 0 aromatic heterocycles. The summed E-state index contributed by atoms with van der Waals surface area (Å²) in [5.74, 6) is 4.26. The normalized spacial score (nSPS) is 36.1. The van der Waals surface area contributed by atoms with Crippen molar-refractivity contribution in [2.24, 2.45) is 23.7 Å². The van der Waals surface area contributed by atoms with Gasteiger partial charge < -0.3 is 5.32 Å². The summed E-state index contributed by atoms with van der Waals surface area (Å²) in [6.45, 7) is 3.55. The lowest BCUT2D eigenvalue weighted by Crippen LogP contribution is -2.43. The predicted octanol–water partition coefficient (Wildman–Crippen LogP) is 5.15. The van der Waals surface area contributed by atoms with Gasteiger partial charge in [0.25, 0.3) is 0 Å². The molecule has 4 atom stereocenters. The first-order valence-electron chi connectivity index (χ1n) is 9.60. The third kappa shape index (κ3) is 3.59. The Labute approximate surface area is 126 Å². The Bertz CT molecular complexity index is 283. The van der Waals surface area contributed by atoms with Crippen LogP contribution in [0, 0.1) is 23.7 Å². The van der Waals surface area contributed by atoms with Crippen LogP contribution in [0.1, 0.15) is 84.0 Å². The smallest absolute Gasteiger partial charge is 0.00980 e. The quantitative estimate of drug-likeness (QED) is 0.708. The van der Waals surface area contributed by atoms with Gasteiger partial charge in [0.15, 0.2) is 0 Å². The molecule has 0 amide bonds. The summed E-state index contributed by atoms with van der Waals surface area (Å²) in [6.07, 6.45) is 18.1. The van der Waals surface area contributed by atoms with E-state index in [1.54, 1.807) is 25.7 Å². The summed E-state index contributed by atoms with van der Waals surface area (Å²) in [7, 11) is 0. The lowest BCUT2D eigenvalue weighted by Gasteiger charge is -2.43. The molecule has 3 fully saturated rings. The standard InChI is InChI=1S/C19H35N/c1-2-12-20-19(13-15-6-5-7-15)18-11-10-16-8-3-4-9-17(16)14-18/h15-20H,2-14H2,1H3. The van der Waals surface area contributed by atoms with Crippen molar-refractivity contribution in [1.29, 1.82) is 0 Å². The molecule has 0 aromatic carbocycles. The van der Waals surface area contributed by atoms with Crippen molar-refractivity contribution >= 4 is 0 Å². The first-order chi connectivity index (χ1) is 9.86. The molecule has 0 aromatic rings. The lowest BCUT2D eigenvalue weighted by molar-refractivity contribution is 0.0965. The Morgan fingerprint density at radius 2 is 1.70 bits per heavy atom. The van der Waals surface area contributed by atoms with Crippen LogP contribution in [0.15, 0.2) is 0 Å². The molecular formula is C19H35N. The highest BCUT2D eigenvalue weighted by Gasteiger charge is 2.36. The van der Waals surface area contributed by atoms with E-state index < -0.39 is 0 Å². The minimum absolute atomic E-state index is 0.850. The zero-order valence-corrected chi connectivity index (χ0v) is 13.6. The Hall–Kier alpha value is -0.0400. The molecule has 0 heterocycles. The van der Waals surface area contributed by atoms with Crippen molar-refractivity contribution in [3.63, 3.8) is 0 Å².